The minimum atomic E-state index is -1.09. The third-order valence-electron chi connectivity index (χ3n) is 2.41. The number of nitrogens with one attached hydrogen (secondary N) is 1. The summed E-state index contributed by atoms with van der Waals surface area (Å²) in [5.74, 6) is -1.53. The first-order valence-corrected chi connectivity index (χ1v) is 6.60. The van der Waals surface area contributed by atoms with Gasteiger partial charge in [0.25, 0.3) is 5.91 Å². The third-order valence-corrected chi connectivity index (χ3v) is 3.33. The first kappa shape index (κ1) is 14.5. The molecule has 2 N–H and O–H groups in total. The van der Waals surface area contributed by atoms with Crippen molar-refractivity contribution in [2.24, 2.45) is 0 Å². The van der Waals surface area contributed by atoms with Gasteiger partial charge in [-0.25, -0.2) is 9.78 Å². The van der Waals surface area contributed by atoms with Crippen molar-refractivity contribution in [2.75, 3.05) is 5.32 Å². The van der Waals surface area contributed by atoms with E-state index in [9.17, 15) is 9.59 Å². The lowest BCUT2D eigenvalue weighted by Gasteiger charge is -2.07. The Kier molecular flexibility index (Phi) is 4.36. The van der Waals surface area contributed by atoms with Gasteiger partial charge < -0.3 is 10.4 Å². The number of carboxylic acid groups (broad SMARTS) is 1. The zero-order valence-corrected chi connectivity index (χ0v) is 12.3. The molecule has 1 aromatic heterocycles. The summed E-state index contributed by atoms with van der Waals surface area (Å²) in [6.45, 7) is 0. The highest BCUT2D eigenvalue weighted by Crippen LogP contribution is 2.21. The molecular weight excluding hydrogens is 348 g/mol. The molecule has 0 fully saturated rings. The van der Waals surface area contributed by atoms with Crippen LogP contribution in [-0.2, 0) is 0 Å². The van der Waals surface area contributed by atoms with Crippen LogP contribution in [0.4, 0.5) is 5.69 Å². The van der Waals surface area contributed by atoms with Gasteiger partial charge in [0.2, 0.25) is 0 Å². The number of aromatic carboxylic acids is 1. The quantitative estimate of drug-likeness (QED) is 0.884. The van der Waals surface area contributed by atoms with E-state index in [1.807, 2.05) is 0 Å². The predicted octanol–water partition coefficient (Wildman–Crippen LogP) is 3.45. The van der Waals surface area contributed by atoms with Crippen LogP contribution in [0.3, 0.4) is 0 Å². The van der Waals surface area contributed by atoms with Crippen LogP contribution >= 0.6 is 27.5 Å². The van der Waals surface area contributed by atoms with Crippen molar-refractivity contribution >= 4 is 45.1 Å². The van der Waals surface area contributed by atoms with E-state index in [0.29, 0.717) is 15.2 Å². The van der Waals surface area contributed by atoms with Gasteiger partial charge in [0.15, 0.2) is 0 Å². The van der Waals surface area contributed by atoms with E-state index >= 15 is 0 Å². The molecule has 0 spiro atoms. The van der Waals surface area contributed by atoms with Crippen LogP contribution < -0.4 is 5.32 Å². The lowest BCUT2D eigenvalue weighted by molar-refractivity contribution is 0.0695. The molecule has 7 heteroatoms. The van der Waals surface area contributed by atoms with Crippen LogP contribution in [0.5, 0.6) is 0 Å². The minimum Gasteiger partial charge on any atom is -0.478 e. The maximum absolute atomic E-state index is 11.9. The van der Waals surface area contributed by atoms with Gasteiger partial charge in [-0.1, -0.05) is 11.6 Å². The highest BCUT2D eigenvalue weighted by Gasteiger charge is 2.12. The smallest absolute Gasteiger partial charge is 0.336 e. The van der Waals surface area contributed by atoms with E-state index in [0.717, 1.165) is 0 Å². The van der Waals surface area contributed by atoms with Crippen molar-refractivity contribution in [3.8, 4) is 0 Å². The summed E-state index contributed by atoms with van der Waals surface area (Å²) in [6, 6.07) is 7.53. The average Bonchev–Trinajstić information content (AvgIpc) is 2.41. The fraction of sp³-hybridized carbons (Fsp3) is 0. The number of carbonyl (C=O) groups is 2. The van der Waals surface area contributed by atoms with E-state index in [-0.39, 0.29) is 11.3 Å². The fourth-order valence-corrected chi connectivity index (χ4v) is 2.00. The maximum Gasteiger partial charge on any atom is 0.336 e. The van der Waals surface area contributed by atoms with E-state index in [4.69, 9.17) is 16.7 Å². The van der Waals surface area contributed by atoms with Crippen molar-refractivity contribution in [2.45, 2.75) is 0 Å². The number of rotatable bonds is 3. The summed E-state index contributed by atoms with van der Waals surface area (Å²) in [5.41, 5.74) is 0.619. The van der Waals surface area contributed by atoms with Crippen molar-refractivity contribution < 1.29 is 14.7 Å². The number of hydrogen-bond donors (Lipinski definition) is 2. The number of carbonyl (C=O) groups excluding carboxylic acids is 1. The van der Waals surface area contributed by atoms with Crippen LogP contribution in [0.15, 0.2) is 41.0 Å². The van der Waals surface area contributed by atoms with E-state index < -0.39 is 11.9 Å². The number of benzene rings is 1. The Morgan fingerprint density at radius 3 is 2.60 bits per heavy atom. The summed E-state index contributed by atoms with van der Waals surface area (Å²) < 4.78 is 0.438. The van der Waals surface area contributed by atoms with Gasteiger partial charge >= 0.3 is 5.97 Å². The van der Waals surface area contributed by atoms with Gasteiger partial charge in [0.1, 0.15) is 5.69 Å². The van der Waals surface area contributed by atoms with E-state index in [1.54, 1.807) is 18.2 Å². The number of halogens is 2. The van der Waals surface area contributed by atoms with Crippen LogP contribution in [0.25, 0.3) is 0 Å². The summed E-state index contributed by atoms with van der Waals surface area (Å²) in [6.07, 6.45) is 1.36. The number of carboxylic acids is 1. The van der Waals surface area contributed by atoms with E-state index in [1.165, 1.54) is 18.3 Å². The van der Waals surface area contributed by atoms with Crippen molar-refractivity contribution in [3.63, 3.8) is 0 Å². The zero-order valence-electron chi connectivity index (χ0n) is 9.93. The fourth-order valence-electron chi connectivity index (χ4n) is 1.47. The molecule has 102 valence electrons. The Labute approximate surface area is 127 Å². The van der Waals surface area contributed by atoms with Gasteiger partial charge in [0.05, 0.1) is 10.6 Å². The molecule has 0 aliphatic rings. The second-order valence-corrected chi connectivity index (χ2v) is 5.11. The molecule has 0 radical (unpaired) electrons. The second-order valence-electron chi connectivity index (χ2n) is 3.82. The van der Waals surface area contributed by atoms with Crippen molar-refractivity contribution in [1.82, 2.24) is 4.98 Å². The van der Waals surface area contributed by atoms with Crippen LogP contribution in [0.1, 0.15) is 20.8 Å². The Morgan fingerprint density at radius 2 is 2.00 bits per heavy atom. The van der Waals surface area contributed by atoms with Crippen molar-refractivity contribution in [3.05, 3.63) is 57.3 Å². The van der Waals surface area contributed by atoms with Gasteiger partial charge in [-0.3, -0.25) is 4.79 Å². The number of aromatic nitrogens is 1. The largest absolute Gasteiger partial charge is 0.478 e. The summed E-state index contributed by atoms with van der Waals surface area (Å²) in [4.78, 5) is 26.8. The molecule has 0 aliphatic carbocycles. The highest BCUT2D eigenvalue weighted by molar-refractivity contribution is 9.10. The monoisotopic (exact) mass is 354 g/mol. The van der Waals surface area contributed by atoms with Crippen LogP contribution in [0.2, 0.25) is 5.02 Å². The molecule has 1 aromatic carbocycles. The second kappa shape index (κ2) is 6.02. The normalized spacial score (nSPS) is 10.1. The Bertz CT molecular complexity index is 674. The van der Waals surface area contributed by atoms with Gasteiger partial charge in [-0.15, -0.1) is 0 Å². The molecule has 0 atom stereocenters. The molecule has 1 heterocycles. The lowest BCUT2D eigenvalue weighted by atomic mass is 10.2. The molecule has 0 bridgehead atoms. The summed E-state index contributed by atoms with van der Waals surface area (Å²) in [5, 5.41) is 12.0. The first-order chi connectivity index (χ1) is 9.47. The SMILES string of the molecule is O=C(Nc1ccc(Br)c(C(=O)O)c1)c1ccc(Cl)cn1. The number of pyridine rings is 1. The highest BCUT2D eigenvalue weighted by atomic mass is 79.9. The average molecular weight is 356 g/mol. The molecule has 2 rings (SSSR count). The van der Waals surface area contributed by atoms with E-state index in [2.05, 4.69) is 26.2 Å². The number of nitrogens with zero attached hydrogens (tertiary/aromatic N) is 1. The lowest BCUT2D eigenvalue weighted by Crippen LogP contribution is -2.14. The topological polar surface area (TPSA) is 79.3 Å². The Morgan fingerprint density at radius 1 is 1.25 bits per heavy atom. The molecule has 0 unspecified atom stereocenters. The van der Waals surface area contributed by atoms with Crippen LogP contribution in [0, 0.1) is 0 Å². The number of amides is 1. The zero-order chi connectivity index (χ0) is 14.7. The molecular formula is C13H8BrClN2O3. The molecule has 1 amide bonds. The van der Waals surface area contributed by atoms with Crippen molar-refractivity contribution in [1.29, 1.82) is 0 Å². The first-order valence-electron chi connectivity index (χ1n) is 5.43. The third kappa shape index (κ3) is 3.34. The van der Waals surface area contributed by atoms with Gasteiger partial charge in [-0.2, -0.15) is 0 Å². The molecule has 0 saturated heterocycles. The predicted molar refractivity (Wildman–Crippen MR) is 78.3 cm³/mol. The molecule has 0 saturated carbocycles. The minimum absolute atomic E-state index is 0.0619. The molecule has 2 aromatic rings. The summed E-state index contributed by atoms with van der Waals surface area (Å²) >= 11 is 8.81. The Hall–Kier alpha value is -1.92. The van der Waals surface area contributed by atoms with Gasteiger partial charge in [0, 0.05) is 16.4 Å². The standard InChI is InChI=1S/C13H8BrClN2O3/c14-10-3-2-8(5-9(10)13(19)20)17-12(18)11-4-1-7(15)6-16-11/h1-6H,(H,17,18)(H,19,20). The number of anilines is 1. The summed E-state index contributed by atoms with van der Waals surface area (Å²) in [7, 11) is 0. The molecule has 5 nitrogen and oxygen atoms in total. The van der Waals surface area contributed by atoms with Gasteiger partial charge in [-0.05, 0) is 46.3 Å². The Balaban J connectivity index is 2.21. The molecule has 0 aliphatic heterocycles. The molecule has 20 heavy (non-hydrogen) atoms. The van der Waals surface area contributed by atoms with Crippen LogP contribution in [-0.4, -0.2) is 22.0 Å². The number of hydrogen-bond acceptors (Lipinski definition) is 3. The maximum atomic E-state index is 11.9.